The summed E-state index contributed by atoms with van der Waals surface area (Å²) in [5.74, 6) is -0.0417. The summed E-state index contributed by atoms with van der Waals surface area (Å²) >= 11 is 3.41. The third-order valence-corrected chi connectivity index (χ3v) is 5.28. The molecule has 0 bridgehead atoms. The second-order valence-corrected chi connectivity index (χ2v) is 7.78. The third kappa shape index (κ3) is 4.36. The maximum Gasteiger partial charge on any atom is 0.247 e. The molecule has 1 fully saturated rings. The largest absolute Gasteiger partial charge is 0.392 e. The van der Waals surface area contributed by atoms with Gasteiger partial charge in [-0.3, -0.25) is 9.69 Å². The first kappa shape index (κ1) is 19.4. The van der Waals surface area contributed by atoms with E-state index in [0.717, 1.165) is 23.0 Å². The van der Waals surface area contributed by atoms with Crippen molar-refractivity contribution < 1.29 is 9.90 Å². The van der Waals surface area contributed by atoms with Gasteiger partial charge in [0.1, 0.15) is 5.54 Å². The number of nitrogens with two attached hydrogens (primary N) is 1. The number of rotatable bonds is 5. The summed E-state index contributed by atoms with van der Waals surface area (Å²) in [6.07, 6.45) is 0.583. The monoisotopic (exact) mass is 397 g/mol. The molecule has 3 atom stereocenters. The Morgan fingerprint density at radius 3 is 2.58 bits per heavy atom. The minimum atomic E-state index is -1.04. The van der Waals surface area contributed by atoms with Crippen LogP contribution in [0.25, 0.3) is 0 Å². The lowest BCUT2D eigenvalue weighted by molar-refractivity contribution is -0.140. The summed E-state index contributed by atoms with van der Waals surface area (Å²) in [4.78, 5) is 17.2. The Morgan fingerprint density at radius 1 is 1.42 bits per heavy atom. The van der Waals surface area contributed by atoms with Gasteiger partial charge >= 0.3 is 0 Å². The summed E-state index contributed by atoms with van der Waals surface area (Å²) in [6, 6.07) is 7.86. The van der Waals surface area contributed by atoms with Gasteiger partial charge in [-0.05, 0) is 38.0 Å². The summed E-state index contributed by atoms with van der Waals surface area (Å²) in [6.45, 7) is 8.41. The normalized spacial score (nSPS) is 22.9. The molecule has 1 aromatic carbocycles. The number of hydrogen-bond acceptors (Lipinski definition) is 4. The fraction of sp³-hybridized carbons (Fsp3) is 0.611. The molecule has 0 saturated carbocycles. The van der Waals surface area contributed by atoms with E-state index in [9.17, 15) is 9.90 Å². The molecule has 0 aliphatic carbocycles. The van der Waals surface area contributed by atoms with Crippen molar-refractivity contribution in [3.63, 3.8) is 0 Å². The highest BCUT2D eigenvalue weighted by Crippen LogP contribution is 2.24. The molecule has 24 heavy (non-hydrogen) atoms. The van der Waals surface area contributed by atoms with Gasteiger partial charge < -0.3 is 15.7 Å². The lowest BCUT2D eigenvalue weighted by Gasteiger charge is -2.43. The van der Waals surface area contributed by atoms with Gasteiger partial charge in [-0.2, -0.15) is 0 Å². The standard InChI is InChI=1S/C18H28BrN3O2/c1-4-16-12-22(10-9-21(16)11-13(2)23)17(24)18(3,20)14-5-7-15(19)8-6-14/h5-8,13,16,23H,4,9-12,20H2,1-3H3. The van der Waals surface area contributed by atoms with E-state index in [1.165, 1.54) is 0 Å². The fourth-order valence-electron chi connectivity index (χ4n) is 3.29. The number of halogens is 1. The van der Waals surface area contributed by atoms with Crippen LogP contribution in [0.5, 0.6) is 0 Å². The highest BCUT2D eigenvalue weighted by molar-refractivity contribution is 9.10. The van der Waals surface area contributed by atoms with Crippen LogP contribution in [0.15, 0.2) is 28.7 Å². The number of carbonyl (C=O) groups is 1. The number of β-amino-alcohol motifs (C(OH)–C–C–N with tert-alkyl or cyclic N) is 1. The maximum absolute atomic E-state index is 13.0. The molecular weight excluding hydrogens is 370 g/mol. The molecule has 1 aliphatic rings. The van der Waals surface area contributed by atoms with Crippen molar-refractivity contribution in [2.75, 3.05) is 26.2 Å². The van der Waals surface area contributed by atoms with Crippen LogP contribution in [0.3, 0.4) is 0 Å². The smallest absolute Gasteiger partial charge is 0.247 e. The summed E-state index contributed by atoms with van der Waals surface area (Å²) in [7, 11) is 0. The molecule has 0 aromatic heterocycles. The highest BCUT2D eigenvalue weighted by Gasteiger charge is 2.38. The lowest BCUT2D eigenvalue weighted by atomic mass is 9.91. The Labute approximate surface area is 152 Å². The Kier molecular flexibility index (Phi) is 6.42. The van der Waals surface area contributed by atoms with E-state index in [1.807, 2.05) is 29.2 Å². The number of aliphatic hydroxyl groups excluding tert-OH is 1. The van der Waals surface area contributed by atoms with Crippen molar-refractivity contribution in [2.45, 2.75) is 44.9 Å². The molecule has 1 aromatic rings. The lowest BCUT2D eigenvalue weighted by Crippen LogP contribution is -2.60. The van der Waals surface area contributed by atoms with Crippen molar-refractivity contribution in [3.05, 3.63) is 34.3 Å². The first-order chi connectivity index (χ1) is 11.3. The Bertz CT molecular complexity index is 560. The predicted octanol–water partition coefficient (Wildman–Crippen LogP) is 1.93. The number of benzene rings is 1. The average Bonchev–Trinajstić information content (AvgIpc) is 2.54. The molecule has 1 heterocycles. The van der Waals surface area contributed by atoms with E-state index in [-0.39, 0.29) is 18.1 Å². The summed E-state index contributed by atoms with van der Waals surface area (Å²) in [5.41, 5.74) is 6.18. The molecule has 134 valence electrons. The molecule has 6 heteroatoms. The number of carbonyl (C=O) groups excluding carboxylic acids is 1. The molecular formula is C18H28BrN3O2. The number of aliphatic hydroxyl groups is 1. The first-order valence-electron chi connectivity index (χ1n) is 8.52. The highest BCUT2D eigenvalue weighted by atomic mass is 79.9. The van der Waals surface area contributed by atoms with Crippen molar-refractivity contribution in [1.29, 1.82) is 0 Å². The molecule has 3 N–H and O–H groups in total. The van der Waals surface area contributed by atoms with Crippen LogP contribution in [0.1, 0.15) is 32.8 Å². The van der Waals surface area contributed by atoms with E-state index in [2.05, 4.69) is 27.8 Å². The second kappa shape index (κ2) is 7.95. The molecule has 1 aliphatic heterocycles. The van der Waals surface area contributed by atoms with E-state index in [1.54, 1.807) is 13.8 Å². The summed E-state index contributed by atoms with van der Waals surface area (Å²) < 4.78 is 0.965. The minimum absolute atomic E-state index is 0.0417. The number of nitrogens with zero attached hydrogens (tertiary/aromatic N) is 2. The number of amides is 1. The topological polar surface area (TPSA) is 69.8 Å². The van der Waals surface area contributed by atoms with Gasteiger partial charge in [0.15, 0.2) is 0 Å². The van der Waals surface area contributed by atoms with Gasteiger partial charge in [-0.15, -0.1) is 0 Å². The fourth-order valence-corrected chi connectivity index (χ4v) is 3.56. The summed E-state index contributed by atoms with van der Waals surface area (Å²) in [5, 5.41) is 9.65. The van der Waals surface area contributed by atoms with Crippen molar-refractivity contribution in [1.82, 2.24) is 9.80 Å². The molecule has 1 amide bonds. The van der Waals surface area contributed by atoms with Crippen molar-refractivity contribution in [3.8, 4) is 0 Å². The average molecular weight is 398 g/mol. The van der Waals surface area contributed by atoms with E-state index >= 15 is 0 Å². The van der Waals surface area contributed by atoms with E-state index < -0.39 is 5.54 Å². The Balaban J connectivity index is 2.10. The molecule has 0 radical (unpaired) electrons. The zero-order valence-electron chi connectivity index (χ0n) is 14.7. The minimum Gasteiger partial charge on any atom is -0.392 e. The van der Waals surface area contributed by atoms with Crippen LogP contribution >= 0.6 is 15.9 Å². The zero-order chi connectivity index (χ0) is 17.9. The van der Waals surface area contributed by atoms with Gasteiger partial charge in [0, 0.05) is 36.7 Å². The van der Waals surface area contributed by atoms with Gasteiger partial charge in [0.05, 0.1) is 6.10 Å². The van der Waals surface area contributed by atoms with Crippen LogP contribution in [0, 0.1) is 0 Å². The van der Waals surface area contributed by atoms with Gasteiger partial charge in [-0.25, -0.2) is 0 Å². The van der Waals surface area contributed by atoms with Crippen LogP contribution in [0.2, 0.25) is 0 Å². The zero-order valence-corrected chi connectivity index (χ0v) is 16.3. The van der Waals surface area contributed by atoms with Crippen molar-refractivity contribution in [2.24, 2.45) is 5.73 Å². The third-order valence-electron chi connectivity index (χ3n) is 4.75. The van der Waals surface area contributed by atoms with Gasteiger partial charge in [0.25, 0.3) is 0 Å². The van der Waals surface area contributed by atoms with E-state index in [4.69, 9.17) is 5.73 Å². The van der Waals surface area contributed by atoms with Crippen LogP contribution in [-0.2, 0) is 10.3 Å². The Morgan fingerprint density at radius 2 is 2.04 bits per heavy atom. The quantitative estimate of drug-likeness (QED) is 0.795. The number of hydrogen-bond donors (Lipinski definition) is 2. The molecule has 2 rings (SSSR count). The van der Waals surface area contributed by atoms with Crippen LogP contribution < -0.4 is 5.73 Å². The SMILES string of the molecule is CCC1CN(C(=O)C(C)(N)c2ccc(Br)cc2)CCN1CC(C)O. The number of piperazine rings is 1. The maximum atomic E-state index is 13.0. The van der Waals surface area contributed by atoms with E-state index in [0.29, 0.717) is 19.6 Å². The molecule has 1 saturated heterocycles. The predicted molar refractivity (Wildman–Crippen MR) is 99.6 cm³/mol. The molecule has 0 spiro atoms. The first-order valence-corrected chi connectivity index (χ1v) is 9.31. The van der Waals surface area contributed by atoms with Gasteiger partial charge in [0.2, 0.25) is 5.91 Å². The Hall–Kier alpha value is -0.950. The molecule has 3 unspecified atom stereocenters. The second-order valence-electron chi connectivity index (χ2n) is 6.87. The van der Waals surface area contributed by atoms with Crippen molar-refractivity contribution >= 4 is 21.8 Å². The molecule has 5 nitrogen and oxygen atoms in total. The van der Waals surface area contributed by atoms with Crippen LogP contribution in [-0.4, -0.2) is 59.1 Å². The van der Waals surface area contributed by atoms with Crippen LogP contribution in [0.4, 0.5) is 0 Å². The van der Waals surface area contributed by atoms with Gasteiger partial charge in [-0.1, -0.05) is 35.0 Å².